The van der Waals surface area contributed by atoms with Crippen LogP contribution in [0.1, 0.15) is 29.6 Å². The van der Waals surface area contributed by atoms with Gasteiger partial charge in [0, 0.05) is 50.2 Å². The van der Waals surface area contributed by atoms with E-state index in [0.717, 1.165) is 44.8 Å². The average Bonchev–Trinajstić information content (AvgIpc) is 3.06. The molecule has 0 saturated carbocycles. The highest BCUT2D eigenvalue weighted by molar-refractivity contribution is 5.94. The summed E-state index contributed by atoms with van der Waals surface area (Å²) < 4.78 is 0. The number of hydrogen-bond acceptors (Lipinski definition) is 4. The van der Waals surface area contributed by atoms with Gasteiger partial charge in [-0.3, -0.25) is 9.78 Å². The van der Waals surface area contributed by atoms with E-state index in [4.69, 9.17) is 0 Å². The summed E-state index contributed by atoms with van der Waals surface area (Å²) >= 11 is 0. The molecule has 0 N–H and O–H groups in total. The zero-order valence-electron chi connectivity index (χ0n) is 13.8. The van der Waals surface area contributed by atoms with Crippen LogP contribution in [0, 0.1) is 5.41 Å². The van der Waals surface area contributed by atoms with Crippen molar-refractivity contribution in [3.8, 4) is 0 Å². The van der Waals surface area contributed by atoms with Gasteiger partial charge < -0.3 is 9.80 Å². The smallest absolute Gasteiger partial charge is 0.255 e. The molecule has 124 valence electrons. The highest BCUT2D eigenvalue weighted by Crippen LogP contribution is 2.40. The van der Waals surface area contributed by atoms with Gasteiger partial charge in [-0.15, -0.1) is 0 Å². The lowest BCUT2D eigenvalue weighted by atomic mass is 9.79. The normalized spacial score (nSPS) is 23.7. The number of amides is 1. The number of likely N-dealkylation sites (tertiary alicyclic amines) is 1. The molecule has 5 heteroatoms. The fourth-order valence-corrected chi connectivity index (χ4v) is 4.06. The third-order valence-electron chi connectivity index (χ3n) is 5.27. The third-order valence-corrected chi connectivity index (χ3v) is 5.27. The SMILES string of the molecule is O=C(c1cccnc1)N1CCC[C@@]2(CCN(c3ccccn3)C2)C1. The summed E-state index contributed by atoms with van der Waals surface area (Å²) in [6, 6.07) is 9.73. The summed E-state index contributed by atoms with van der Waals surface area (Å²) in [6.07, 6.45) is 8.60. The van der Waals surface area contributed by atoms with E-state index in [1.54, 1.807) is 12.4 Å². The molecule has 1 spiro atoms. The van der Waals surface area contributed by atoms with Crippen molar-refractivity contribution in [1.82, 2.24) is 14.9 Å². The fourth-order valence-electron chi connectivity index (χ4n) is 4.06. The van der Waals surface area contributed by atoms with Crippen molar-refractivity contribution in [2.75, 3.05) is 31.1 Å². The van der Waals surface area contributed by atoms with Gasteiger partial charge in [-0.2, -0.15) is 0 Å². The number of aromatic nitrogens is 2. The van der Waals surface area contributed by atoms with E-state index < -0.39 is 0 Å². The van der Waals surface area contributed by atoms with Gasteiger partial charge in [0.1, 0.15) is 5.82 Å². The lowest BCUT2D eigenvalue weighted by molar-refractivity contribution is 0.0556. The second kappa shape index (κ2) is 6.23. The van der Waals surface area contributed by atoms with Crippen LogP contribution in [0.3, 0.4) is 0 Å². The molecule has 2 saturated heterocycles. The highest BCUT2D eigenvalue weighted by Gasteiger charge is 2.42. The monoisotopic (exact) mass is 322 g/mol. The summed E-state index contributed by atoms with van der Waals surface area (Å²) in [7, 11) is 0. The Morgan fingerprint density at radius 3 is 2.79 bits per heavy atom. The summed E-state index contributed by atoms with van der Waals surface area (Å²) in [5, 5.41) is 0. The second-order valence-electron chi connectivity index (χ2n) is 6.93. The van der Waals surface area contributed by atoms with E-state index >= 15 is 0 Å². The van der Waals surface area contributed by atoms with Crippen LogP contribution < -0.4 is 4.90 Å². The van der Waals surface area contributed by atoms with Gasteiger partial charge in [-0.25, -0.2) is 4.98 Å². The highest BCUT2D eigenvalue weighted by atomic mass is 16.2. The van der Waals surface area contributed by atoms with E-state index in [-0.39, 0.29) is 11.3 Å². The summed E-state index contributed by atoms with van der Waals surface area (Å²) in [4.78, 5) is 25.7. The Labute approximate surface area is 142 Å². The molecule has 0 radical (unpaired) electrons. The molecule has 4 heterocycles. The predicted molar refractivity (Wildman–Crippen MR) is 92.9 cm³/mol. The number of nitrogens with zero attached hydrogens (tertiary/aromatic N) is 4. The lowest BCUT2D eigenvalue weighted by Gasteiger charge is -2.40. The van der Waals surface area contributed by atoms with E-state index in [1.165, 1.54) is 6.42 Å². The van der Waals surface area contributed by atoms with Gasteiger partial charge in [-0.1, -0.05) is 6.07 Å². The number of piperidine rings is 1. The van der Waals surface area contributed by atoms with E-state index in [0.29, 0.717) is 5.56 Å². The van der Waals surface area contributed by atoms with Gasteiger partial charge in [0.15, 0.2) is 0 Å². The van der Waals surface area contributed by atoms with Crippen LogP contribution in [0.25, 0.3) is 0 Å². The maximum Gasteiger partial charge on any atom is 0.255 e. The number of pyridine rings is 2. The van der Waals surface area contributed by atoms with Crippen molar-refractivity contribution in [2.24, 2.45) is 5.41 Å². The molecule has 5 nitrogen and oxygen atoms in total. The van der Waals surface area contributed by atoms with E-state index in [2.05, 4.69) is 20.9 Å². The minimum absolute atomic E-state index is 0.110. The van der Waals surface area contributed by atoms with Crippen molar-refractivity contribution >= 4 is 11.7 Å². The number of rotatable bonds is 2. The first-order valence-corrected chi connectivity index (χ1v) is 8.61. The molecule has 24 heavy (non-hydrogen) atoms. The zero-order chi connectivity index (χ0) is 16.4. The maximum atomic E-state index is 12.8. The summed E-state index contributed by atoms with van der Waals surface area (Å²) in [5.74, 6) is 1.16. The van der Waals surface area contributed by atoms with Crippen LogP contribution in [-0.2, 0) is 0 Å². The average molecular weight is 322 g/mol. The molecule has 2 aromatic heterocycles. The van der Waals surface area contributed by atoms with Crippen LogP contribution in [0.2, 0.25) is 0 Å². The van der Waals surface area contributed by atoms with Gasteiger partial charge in [0.2, 0.25) is 0 Å². The Bertz CT molecular complexity index is 706. The van der Waals surface area contributed by atoms with Crippen LogP contribution in [0.4, 0.5) is 5.82 Å². The van der Waals surface area contributed by atoms with Crippen molar-refractivity contribution in [1.29, 1.82) is 0 Å². The summed E-state index contributed by atoms with van der Waals surface area (Å²) in [5.41, 5.74) is 0.891. The zero-order valence-corrected chi connectivity index (χ0v) is 13.8. The standard InChI is InChI=1S/C19H22N4O/c24-18(16-5-3-9-20-13-16)23-11-4-7-19(15-23)8-12-22(14-19)17-6-1-2-10-21-17/h1-3,5-6,9-10,13H,4,7-8,11-12,14-15H2/t19-/m0/s1. The van der Waals surface area contributed by atoms with Gasteiger partial charge >= 0.3 is 0 Å². The molecule has 0 aromatic carbocycles. The quantitative estimate of drug-likeness (QED) is 0.853. The topological polar surface area (TPSA) is 49.3 Å². The Morgan fingerprint density at radius 1 is 1.04 bits per heavy atom. The first kappa shape index (κ1) is 15.1. The molecule has 2 fully saturated rings. The third kappa shape index (κ3) is 2.86. The van der Waals surface area contributed by atoms with Gasteiger partial charge in [-0.05, 0) is 43.5 Å². The second-order valence-corrected chi connectivity index (χ2v) is 6.93. The molecule has 2 aliphatic heterocycles. The van der Waals surface area contributed by atoms with Crippen molar-refractivity contribution in [3.05, 3.63) is 54.5 Å². The Balaban J connectivity index is 1.48. The summed E-state index contributed by atoms with van der Waals surface area (Å²) in [6.45, 7) is 3.69. The van der Waals surface area contributed by atoms with Gasteiger partial charge in [0.25, 0.3) is 5.91 Å². The van der Waals surface area contributed by atoms with E-state index in [9.17, 15) is 4.79 Å². The van der Waals surface area contributed by atoms with Crippen LogP contribution in [0.15, 0.2) is 48.9 Å². The Morgan fingerprint density at radius 2 is 2.00 bits per heavy atom. The van der Waals surface area contributed by atoms with Crippen molar-refractivity contribution < 1.29 is 4.79 Å². The molecule has 1 amide bonds. The van der Waals surface area contributed by atoms with Crippen LogP contribution >= 0.6 is 0 Å². The Kier molecular flexibility index (Phi) is 3.92. The van der Waals surface area contributed by atoms with Crippen molar-refractivity contribution in [3.63, 3.8) is 0 Å². The maximum absolute atomic E-state index is 12.8. The Hall–Kier alpha value is -2.43. The largest absolute Gasteiger partial charge is 0.356 e. The molecule has 0 bridgehead atoms. The first-order valence-electron chi connectivity index (χ1n) is 8.61. The van der Waals surface area contributed by atoms with E-state index in [1.807, 2.05) is 35.4 Å². The van der Waals surface area contributed by atoms with Gasteiger partial charge in [0.05, 0.1) is 5.56 Å². The fraction of sp³-hybridized carbons (Fsp3) is 0.421. The number of carbonyl (C=O) groups excluding carboxylic acids is 1. The molecule has 0 aliphatic carbocycles. The minimum Gasteiger partial charge on any atom is -0.356 e. The molecule has 4 rings (SSSR count). The molecule has 0 unspecified atom stereocenters. The number of carbonyl (C=O) groups is 1. The van der Waals surface area contributed by atoms with Crippen molar-refractivity contribution in [2.45, 2.75) is 19.3 Å². The lowest BCUT2D eigenvalue weighted by Crippen LogP contribution is -2.47. The molecule has 2 aromatic rings. The number of anilines is 1. The molecular weight excluding hydrogens is 300 g/mol. The first-order chi connectivity index (χ1) is 11.8. The predicted octanol–water partition coefficient (Wildman–Crippen LogP) is 2.61. The molecule has 1 atom stereocenters. The molecular formula is C19H22N4O. The number of hydrogen-bond donors (Lipinski definition) is 0. The molecule has 2 aliphatic rings. The van der Waals surface area contributed by atoms with Crippen LogP contribution in [-0.4, -0.2) is 47.0 Å². The van der Waals surface area contributed by atoms with Crippen LogP contribution in [0.5, 0.6) is 0 Å². The minimum atomic E-state index is 0.110.